The van der Waals surface area contributed by atoms with Crippen LogP contribution in [0.3, 0.4) is 0 Å². The summed E-state index contributed by atoms with van der Waals surface area (Å²) in [6, 6.07) is 15.6. The van der Waals surface area contributed by atoms with E-state index in [1.807, 2.05) is 18.2 Å². The van der Waals surface area contributed by atoms with Crippen molar-refractivity contribution < 1.29 is 0 Å². The minimum Gasteiger partial charge on any atom is -0.381 e. The Morgan fingerprint density at radius 3 is 2.79 bits per heavy atom. The third-order valence-corrected chi connectivity index (χ3v) is 3.81. The zero-order chi connectivity index (χ0) is 13.7. The van der Waals surface area contributed by atoms with Gasteiger partial charge in [0.05, 0.1) is 11.6 Å². The molecule has 4 heteroatoms. The smallest absolute Gasteiger partial charge is 0.0992 e. The van der Waals surface area contributed by atoms with Crippen LogP contribution in [-0.2, 0) is 6.54 Å². The van der Waals surface area contributed by atoms with Crippen LogP contribution in [0.5, 0.6) is 0 Å². The van der Waals surface area contributed by atoms with Crippen LogP contribution >= 0.6 is 23.4 Å². The molecule has 0 aliphatic rings. The van der Waals surface area contributed by atoms with Crippen LogP contribution in [0.2, 0.25) is 5.02 Å². The number of halogens is 1. The van der Waals surface area contributed by atoms with E-state index in [1.54, 1.807) is 23.9 Å². The number of thioether (sulfide) groups is 1. The molecule has 0 saturated carbocycles. The Labute approximate surface area is 122 Å². The maximum absolute atomic E-state index is 8.79. The van der Waals surface area contributed by atoms with Gasteiger partial charge >= 0.3 is 0 Å². The van der Waals surface area contributed by atoms with E-state index in [4.69, 9.17) is 16.9 Å². The number of anilines is 1. The van der Waals surface area contributed by atoms with E-state index in [1.165, 1.54) is 4.90 Å². The molecule has 2 aromatic rings. The zero-order valence-corrected chi connectivity index (χ0v) is 12.1. The van der Waals surface area contributed by atoms with Gasteiger partial charge in [-0.3, -0.25) is 0 Å². The van der Waals surface area contributed by atoms with E-state index in [0.717, 1.165) is 11.3 Å². The van der Waals surface area contributed by atoms with Gasteiger partial charge in [-0.25, -0.2) is 0 Å². The summed E-state index contributed by atoms with van der Waals surface area (Å²) in [6.45, 7) is 0.641. The van der Waals surface area contributed by atoms with Crippen LogP contribution in [0, 0.1) is 11.3 Å². The van der Waals surface area contributed by atoms with E-state index in [-0.39, 0.29) is 0 Å². The Kier molecular flexibility index (Phi) is 4.73. The highest BCUT2D eigenvalue weighted by Crippen LogP contribution is 2.22. The van der Waals surface area contributed by atoms with Crippen molar-refractivity contribution in [2.45, 2.75) is 11.4 Å². The minimum atomic E-state index is 0.582. The molecule has 0 saturated heterocycles. The van der Waals surface area contributed by atoms with Crippen LogP contribution in [0.1, 0.15) is 11.1 Å². The SMILES string of the molecule is CSc1cccc(NCc2ccc(C#N)cc2Cl)c1. The van der Waals surface area contributed by atoms with Gasteiger partial charge in [-0.2, -0.15) is 5.26 Å². The topological polar surface area (TPSA) is 35.8 Å². The molecule has 0 fully saturated rings. The monoisotopic (exact) mass is 288 g/mol. The lowest BCUT2D eigenvalue weighted by Crippen LogP contribution is -2.00. The highest BCUT2D eigenvalue weighted by molar-refractivity contribution is 7.98. The summed E-state index contributed by atoms with van der Waals surface area (Å²) in [7, 11) is 0. The Hall–Kier alpha value is -1.63. The zero-order valence-electron chi connectivity index (χ0n) is 10.5. The molecule has 0 aliphatic carbocycles. The van der Waals surface area contributed by atoms with Crippen LogP contribution in [-0.4, -0.2) is 6.26 Å². The standard InChI is InChI=1S/C15H13ClN2S/c1-19-14-4-2-3-13(8-14)18-10-12-6-5-11(9-17)7-15(12)16/h2-8,18H,10H2,1H3. The number of nitriles is 1. The lowest BCUT2D eigenvalue weighted by Gasteiger charge is -2.09. The van der Waals surface area contributed by atoms with E-state index < -0.39 is 0 Å². The number of nitrogens with zero attached hydrogens (tertiary/aromatic N) is 1. The van der Waals surface area contributed by atoms with Crippen molar-refractivity contribution >= 4 is 29.1 Å². The first-order valence-corrected chi connectivity index (χ1v) is 7.39. The fraction of sp³-hybridized carbons (Fsp3) is 0.133. The average molecular weight is 289 g/mol. The second-order valence-corrected chi connectivity index (χ2v) is 5.29. The molecule has 0 radical (unpaired) electrons. The quantitative estimate of drug-likeness (QED) is 0.839. The number of hydrogen-bond donors (Lipinski definition) is 1. The second-order valence-electron chi connectivity index (χ2n) is 4.00. The van der Waals surface area contributed by atoms with E-state index in [2.05, 4.69) is 29.8 Å². The molecule has 0 amide bonds. The van der Waals surface area contributed by atoms with E-state index >= 15 is 0 Å². The first kappa shape index (κ1) is 13.8. The van der Waals surface area contributed by atoms with Crippen LogP contribution < -0.4 is 5.32 Å². The van der Waals surface area contributed by atoms with Gasteiger partial charge in [0.25, 0.3) is 0 Å². The van der Waals surface area contributed by atoms with Gasteiger partial charge in [-0.15, -0.1) is 11.8 Å². The lowest BCUT2D eigenvalue weighted by molar-refractivity contribution is 1.14. The van der Waals surface area contributed by atoms with Gasteiger partial charge in [0, 0.05) is 22.2 Å². The number of nitrogens with one attached hydrogen (secondary N) is 1. The molecule has 2 rings (SSSR count). The van der Waals surface area contributed by atoms with Crippen LogP contribution in [0.25, 0.3) is 0 Å². The molecule has 0 atom stereocenters. The van der Waals surface area contributed by atoms with E-state index in [9.17, 15) is 0 Å². The Bertz CT molecular complexity index is 620. The molecular formula is C15H13ClN2S. The molecule has 0 heterocycles. The molecule has 2 nitrogen and oxygen atoms in total. The maximum Gasteiger partial charge on any atom is 0.0992 e. The first-order valence-electron chi connectivity index (χ1n) is 5.79. The van der Waals surface area contributed by atoms with Crippen molar-refractivity contribution in [3.63, 3.8) is 0 Å². The summed E-state index contributed by atoms with van der Waals surface area (Å²) in [5.41, 5.74) is 2.63. The molecule has 0 aromatic heterocycles. The highest BCUT2D eigenvalue weighted by atomic mass is 35.5. The van der Waals surface area contributed by atoms with Crippen molar-refractivity contribution in [2.75, 3.05) is 11.6 Å². The lowest BCUT2D eigenvalue weighted by atomic mass is 10.1. The van der Waals surface area contributed by atoms with Gasteiger partial charge in [0.15, 0.2) is 0 Å². The van der Waals surface area contributed by atoms with Crippen molar-refractivity contribution in [1.82, 2.24) is 0 Å². The first-order chi connectivity index (χ1) is 9.22. The second kappa shape index (κ2) is 6.51. The molecule has 19 heavy (non-hydrogen) atoms. The molecule has 0 aliphatic heterocycles. The van der Waals surface area contributed by atoms with Crippen molar-refractivity contribution in [1.29, 1.82) is 5.26 Å². The fourth-order valence-corrected chi connectivity index (χ4v) is 2.40. The predicted molar refractivity (Wildman–Crippen MR) is 81.7 cm³/mol. The third-order valence-electron chi connectivity index (χ3n) is 2.73. The normalized spacial score (nSPS) is 9.95. The largest absolute Gasteiger partial charge is 0.381 e. The summed E-state index contributed by atoms with van der Waals surface area (Å²) in [5.74, 6) is 0. The van der Waals surface area contributed by atoms with Gasteiger partial charge in [0.1, 0.15) is 0 Å². The Balaban J connectivity index is 2.08. The molecule has 1 N–H and O–H groups in total. The van der Waals surface area contributed by atoms with Crippen molar-refractivity contribution in [3.05, 3.63) is 58.6 Å². The van der Waals surface area contributed by atoms with E-state index in [0.29, 0.717) is 17.1 Å². The molecule has 0 bridgehead atoms. The third kappa shape index (κ3) is 3.66. The maximum atomic E-state index is 8.79. The molecule has 0 unspecified atom stereocenters. The van der Waals surface area contributed by atoms with Gasteiger partial charge in [0.2, 0.25) is 0 Å². The predicted octanol–water partition coefficient (Wildman–Crippen LogP) is 4.55. The van der Waals surface area contributed by atoms with Gasteiger partial charge < -0.3 is 5.32 Å². The summed E-state index contributed by atoms with van der Waals surface area (Å²) in [5, 5.41) is 12.7. The fourth-order valence-electron chi connectivity index (χ4n) is 1.69. The van der Waals surface area contributed by atoms with Crippen molar-refractivity contribution in [3.8, 4) is 6.07 Å². The summed E-state index contributed by atoms with van der Waals surface area (Å²) < 4.78 is 0. The number of rotatable bonds is 4. The Morgan fingerprint density at radius 2 is 2.11 bits per heavy atom. The van der Waals surface area contributed by atoms with Crippen LogP contribution in [0.15, 0.2) is 47.4 Å². The highest BCUT2D eigenvalue weighted by Gasteiger charge is 2.02. The van der Waals surface area contributed by atoms with Gasteiger partial charge in [-0.05, 0) is 42.2 Å². The summed E-state index contributed by atoms with van der Waals surface area (Å²) in [6.07, 6.45) is 2.05. The Morgan fingerprint density at radius 1 is 1.26 bits per heavy atom. The molecule has 0 spiro atoms. The average Bonchev–Trinajstić information content (AvgIpc) is 2.46. The molecular weight excluding hydrogens is 276 g/mol. The van der Waals surface area contributed by atoms with Crippen LogP contribution in [0.4, 0.5) is 5.69 Å². The van der Waals surface area contributed by atoms with Crippen molar-refractivity contribution in [2.24, 2.45) is 0 Å². The molecule has 96 valence electrons. The summed E-state index contributed by atoms with van der Waals surface area (Å²) in [4.78, 5) is 1.22. The molecule has 2 aromatic carbocycles. The number of hydrogen-bond acceptors (Lipinski definition) is 3. The minimum absolute atomic E-state index is 0.582. The summed E-state index contributed by atoms with van der Waals surface area (Å²) >= 11 is 7.85. The van der Waals surface area contributed by atoms with Gasteiger partial charge in [-0.1, -0.05) is 23.7 Å². The number of benzene rings is 2.